The minimum atomic E-state index is 0.000957. The van der Waals surface area contributed by atoms with E-state index in [-0.39, 0.29) is 5.41 Å². The number of amides is 1. The summed E-state index contributed by atoms with van der Waals surface area (Å²) in [6.45, 7) is 4.04. The Morgan fingerprint density at radius 3 is 2.22 bits per heavy atom. The van der Waals surface area contributed by atoms with Gasteiger partial charge in [-0.3, -0.25) is 4.79 Å². The highest BCUT2D eigenvalue weighted by atomic mass is 16.5. The van der Waals surface area contributed by atoms with Crippen molar-refractivity contribution in [1.29, 1.82) is 0 Å². The fourth-order valence-electron chi connectivity index (χ4n) is 4.96. The van der Waals surface area contributed by atoms with Gasteiger partial charge in [-0.25, -0.2) is 0 Å². The highest BCUT2D eigenvalue weighted by molar-refractivity contribution is 5.83. The molecule has 4 bridgehead atoms. The topological polar surface area (TPSA) is 38.3 Å². The van der Waals surface area contributed by atoms with Crippen molar-refractivity contribution in [1.82, 2.24) is 5.32 Å². The average Bonchev–Trinajstić information content (AvgIpc) is 2.32. The van der Waals surface area contributed by atoms with Gasteiger partial charge in [-0.15, -0.1) is 0 Å². The summed E-state index contributed by atoms with van der Waals surface area (Å²) >= 11 is 0. The quantitative estimate of drug-likeness (QED) is 0.762. The van der Waals surface area contributed by atoms with Crippen molar-refractivity contribution >= 4 is 5.91 Å². The molecule has 4 fully saturated rings. The Labute approximate surface area is 110 Å². The Bertz CT molecular complexity index is 291. The summed E-state index contributed by atoms with van der Waals surface area (Å²) in [4.78, 5) is 12.5. The Kier molecular flexibility index (Phi) is 3.35. The number of carbonyl (C=O) groups is 1. The molecule has 4 aliphatic rings. The summed E-state index contributed by atoms with van der Waals surface area (Å²) in [6.07, 6.45) is 7.64. The van der Waals surface area contributed by atoms with Crippen LogP contribution in [0, 0.1) is 23.2 Å². The van der Waals surface area contributed by atoms with Crippen molar-refractivity contribution in [2.45, 2.75) is 45.4 Å². The molecular formula is C15H25NO2. The number of nitrogens with one attached hydrogen (secondary N) is 1. The molecule has 0 aromatic heterocycles. The zero-order valence-corrected chi connectivity index (χ0v) is 11.4. The van der Waals surface area contributed by atoms with E-state index in [2.05, 4.69) is 5.32 Å². The van der Waals surface area contributed by atoms with Crippen LogP contribution in [-0.2, 0) is 9.53 Å². The molecule has 0 radical (unpaired) electrons. The first-order valence-electron chi connectivity index (χ1n) is 7.58. The third-order valence-electron chi connectivity index (χ3n) is 5.26. The predicted molar refractivity (Wildman–Crippen MR) is 70.1 cm³/mol. The van der Waals surface area contributed by atoms with Crippen molar-refractivity contribution < 1.29 is 9.53 Å². The molecule has 3 heteroatoms. The standard InChI is InChI=1S/C15H25NO2/c1-2-18-4-3-16-14(17)15-8-11-5-12(9-15)7-13(6-11)10-15/h11-13H,2-10H2,1H3,(H,16,17). The highest BCUT2D eigenvalue weighted by Crippen LogP contribution is 2.60. The number of rotatable bonds is 5. The minimum absolute atomic E-state index is 0.000957. The van der Waals surface area contributed by atoms with E-state index < -0.39 is 0 Å². The Morgan fingerprint density at radius 2 is 1.72 bits per heavy atom. The van der Waals surface area contributed by atoms with E-state index in [1.54, 1.807) is 0 Å². The van der Waals surface area contributed by atoms with E-state index >= 15 is 0 Å². The number of ether oxygens (including phenoxy) is 1. The molecule has 0 unspecified atom stereocenters. The van der Waals surface area contributed by atoms with Crippen molar-refractivity contribution in [3.63, 3.8) is 0 Å². The van der Waals surface area contributed by atoms with Gasteiger partial charge in [0.2, 0.25) is 5.91 Å². The SMILES string of the molecule is CCOCCNC(=O)C12CC3CC(CC(C3)C1)C2. The molecule has 0 atom stereocenters. The molecule has 0 aromatic carbocycles. The molecule has 0 heterocycles. The fourth-order valence-corrected chi connectivity index (χ4v) is 4.96. The molecule has 4 rings (SSSR count). The van der Waals surface area contributed by atoms with Gasteiger partial charge in [-0.1, -0.05) is 0 Å². The monoisotopic (exact) mass is 251 g/mol. The zero-order chi connectivity index (χ0) is 12.6. The van der Waals surface area contributed by atoms with Gasteiger partial charge in [-0.2, -0.15) is 0 Å². The summed E-state index contributed by atoms with van der Waals surface area (Å²) in [5.41, 5.74) is 0.000957. The van der Waals surface area contributed by atoms with Gasteiger partial charge in [0.1, 0.15) is 0 Å². The van der Waals surface area contributed by atoms with E-state index in [0.29, 0.717) is 19.1 Å². The second-order valence-electron chi connectivity index (χ2n) is 6.65. The van der Waals surface area contributed by atoms with Gasteiger partial charge in [0.05, 0.1) is 6.61 Å². The summed E-state index contributed by atoms with van der Waals surface area (Å²) < 4.78 is 5.29. The van der Waals surface area contributed by atoms with Crippen LogP contribution in [0.15, 0.2) is 0 Å². The fraction of sp³-hybridized carbons (Fsp3) is 0.933. The Morgan fingerprint density at radius 1 is 1.17 bits per heavy atom. The van der Waals surface area contributed by atoms with Crippen molar-refractivity contribution in [3.8, 4) is 0 Å². The van der Waals surface area contributed by atoms with Crippen LogP contribution in [0.3, 0.4) is 0 Å². The number of hydrogen-bond donors (Lipinski definition) is 1. The van der Waals surface area contributed by atoms with E-state index in [9.17, 15) is 4.79 Å². The second kappa shape index (κ2) is 4.84. The molecule has 4 aliphatic carbocycles. The van der Waals surface area contributed by atoms with Crippen LogP contribution in [0.4, 0.5) is 0 Å². The lowest BCUT2D eigenvalue weighted by molar-refractivity contribution is -0.146. The van der Waals surface area contributed by atoms with Crippen LogP contribution in [0.1, 0.15) is 45.4 Å². The molecule has 0 spiro atoms. The molecule has 1 amide bonds. The number of carbonyl (C=O) groups excluding carboxylic acids is 1. The van der Waals surface area contributed by atoms with Crippen LogP contribution in [-0.4, -0.2) is 25.7 Å². The largest absolute Gasteiger partial charge is 0.380 e. The smallest absolute Gasteiger partial charge is 0.226 e. The van der Waals surface area contributed by atoms with Gasteiger partial charge in [0.25, 0.3) is 0 Å². The molecule has 0 aromatic rings. The first-order valence-corrected chi connectivity index (χ1v) is 7.58. The Balaban J connectivity index is 1.59. The lowest BCUT2D eigenvalue weighted by Crippen LogP contribution is -2.53. The maximum atomic E-state index is 12.5. The van der Waals surface area contributed by atoms with E-state index in [4.69, 9.17) is 4.74 Å². The van der Waals surface area contributed by atoms with Crippen molar-refractivity contribution in [3.05, 3.63) is 0 Å². The maximum Gasteiger partial charge on any atom is 0.226 e. The summed E-state index contributed by atoms with van der Waals surface area (Å²) in [6, 6.07) is 0. The van der Waals surface area contributed by atoms with Crippen LogP contribution in [0.2, 0.25) is 0 Å². The first kappa shape index (κ1) is 12.5. The lowest BCUT2D eigenvalue weighted by Gasteiger charge is -2.55. The second-order valence-corrected chi connectivity index (χ2v) is 6.65. The molecule has 18 heavy (non-hydrogen) atoms. The molecule has 102 valence electrons. The average molecular weight is 251 g/mol. The summed E-state index contributed by atoms with van der Waals surface area (Å²) in [5, 5.41) is 3.11. The highest BCUT2D eigenvalue weighted by Gasteiger charge is 2.54. The van der Waals surface area contributed by atoms with Gasteiger partial charge in [0.15, 0.2) is 0 Å². The van der Waals surface area contributed by atoms with Crippen LogP contribution >= 0.6 is 0 Å². The lowest BCUT2D eigenvalue weighted by atomic mass is 9.49. The molecular weight excluding hydrogens is 226 g/mol. The summed E-state index contributed by atoms with van der Waals surface area (Å²) in [7, 11) is 0. The van der Waals surface area contributed by atoms with Gasteiger partial charge < -0.3 is 10.1 Å². The van der Waals surface area contributed by atoms with Crippen LogP contribution in [0.5, 0.6) is 0 Å². The van der Waals surface area contributed by atoms with Gasteiger partial charge in [-0.05, 0) is 63.2 Å². The van der Waals surface area contributed by atoms with Crippen LogP contribution in [0.25, 0.3) is 0 Å². The predicted octanol–water partition coefficient (Wildman–Crippen LogP) is 2.36. The molecule has 4 saturated carbocycles. The first-order chi connectivity index (χ1) is 8.72. The molecule has 3 nitrogen and oxygen atoms in total. The normalized spacial score (nSPS) is 41.1. The molecule has 0 aliphatic heterocycles. The zero-order valence-electron chi connectivity index (χ0n) is 11.4. The van der Waals surface area contributed by atoms with Crippen LogP contribution < -0.4 is 5.32 Å². The van der Waals surface area contributed by atoms with Gasteiger partial charge >= 0.3 is 0 Å². The molecule has 1 N–H and O–H groups in total. The van der Waals surface area contributed by atoms with Gasteiger partial charge in [0, 0.05) is 18.6 Å². The maximum absolute atomic E-state index is 12.5. The van der Waals surface area contributed by atoms with E-state index in [1.165, 1.54) is 19.3 Å². The van der Waals surface area contributed by atoms with Crippen molar-refractivity contribution in [2.24, 2.45) is 23.2 Å². The Hall–Kier alpha value is -0.570. The number of hydrogen-bond acceptors (Lipinski definition) is 2. The molecule has 0 saturated heterocycles. The van der Waals surface area contributed by atoms with E-state index in [1.807, 2.05) is 6.92 Å². The van der Waals surface area contributed by atoms with Crippen molar-refractivity contribution in [2.75, 3.05) is 19.8 Å². The minimum Gasteiger partial charge on any atom is -0.380 e. The van der Waals surface area contributed by atoms with E-state index in [0.717, 1.165) is 43.6 Å². The summed E-state index contributed by atoms with van der Waals surface area (Å²) in [5.74, 6) is 2.85. The third kappa shape index (κ3) is 2.18. The third-order valence-corrected chi connectivity index (χ3v) is 5.26.